The summed E-state index contributed by atoms with van der Waals surface area (Å²) in [7, 11) is 0. The van der Waals surface area contributed by atoms with Gasteiger partial charge in [-0.25, -0.2) is 8.78 Å². The maximum atomic E-state index is 13.4. The van der Waals surface area contributed by atoms with E-state index < -0.39 is 6.43 Å². The molecule has 0 heterocycles. The van der Waals surface area contributed by atoms with E-state index in [2.05, 4.69) is 6.92 Å². The van der Waals surface area contributed by atoms with Gasteiger partial charge in [-0.15, -0.1) is 0 Å². The highest BCUT2D eigenvalue weighted by atomic mass is 19.3. The minimum absolute atomic E-state index is 0.141. The van der Waals surface area contributed by atoms with Crippen molar-refractivity contribution >= 4 is 5.78 Å². The lowest BCUT2D eigenvalue weighted by Gasteiger charge is -2.52. The van der Waals surface area contributed by atoms with Gasteiger partial charge < -0.3 is 0 Å². The monoisotopic (exact) mass is 308 g/mol. The first-order chi connectivity index (χ1) is 10.5. The molecule has 4 aliphatic carbocycles. The zero-order valence-electron chi connectivity index (χ0n) is 13.4. The van der Waals surface area contributed by atoms with Crippen LogP contribution in [-0.2, 0) is 4.79 Å². The van der Waals surface area contributed by atoms with E-state index in [0.717, 1.165) is 38.5 Å². The van der Waals surface area contributed by atoms with Gasteiger partial charge in [0.05, 0.1) is 0 Å². The second kappa shape index (κ2) is 5.14. The fourth-order valence-corrected chi connectivity index (χ4v) is 6.51. The summed E-state index contributed by atoms with van der Waals surface area (Å²) < 4.78 is 26.9. The number of allylic oxidation sites excluding steroid dienone is 2. The Hall–Kier alpha value is -0.730. The summed E-state index contributed by atoms with van der Waals surface area (Å²) in [5, 5.41) is 0. The fraction of sp³-hybridized carbons (Fsp3) is 0.842. The summed E-state index contributed by atoms with van der Waals surface area (Å²) in [6, 6.07) is 0. The Morgan fingerprint density at radius 1 is 1.09 bits per heavy atom. The Labute approximate surface area is 131 Å². The summed E-state index contributed by atoms with van der Waals surface area (Å²) in [5.41, 5.74) is 2.85. The van der Waals surface area contributed by atoms with E-state index in [1.165, 1.54) is 5.57 Å². The maximum absolute atomic E-state index is 13.4. The molecular weight excluding hydrogens is 282 g/mol. The van der Waals surface area contributed by atoms with E-state index in [9.17, 15) is 13.6 Å². The predicted octanol–water partition coefficient (Wildman–Crippen LogP) is 5.15. The smallest absolute Gasteiger partial charge is 0.241 e. The zero-order chi connectivity index (χ0) is 15.5. The standard InChI is InChI=1S/C19H26F2O/c1-19-9-8-14-13-5-3-12(22)10-11(13)2-4-15(14)16(19)6-7-17(19)18(20)21/h14-18H,2-10H2,1H3/t14-,15-,16+,17-,19+/m1/s1. The van der Waals surface area contributed by atoms with Gasteiger partial charge in [-0.05, 0) is 68.1 Å². The normalized spacial score (nSPS) is 44.8. The number of rotatable bonds is 1. The van der Waals surface area contributed by atoms with Gasteiger partial charge in [0.2, 0.25) is 6.43 Å². The van der Waals surface area contributed by atoms with Crippen LogP contribution < -0.4 is 0 Å². The molecule has 0 aromatic heterocycles. The van der Waals surface area contributed by atoms with E-state index >= 15 is 0 Å². The van der Waals surface area contributed by atoms with Crippen molar-refractivity contribution in [2.24, 2.45) is 29.1 Å². The van der Waals surface area contributed by atoms with Crippen molar-refractivity contribution < 1.29 is 13.6 Å². The van der Waals surface area contributed by atoms with E-state index in [1.807, 2.05) is 0 Å². The van der Waals surface area contributed by atoms with Gasteiger partial charge in [-0.3, -0.25) is 4.79 Å². The first-order valence-corrected chi connectivity index (χ1v) is 9.01. The van der Waals surface area contributed by atoms with Crippen molar-refractivity contribution in [2.75, 3.05) is 0 Å². The molecule has 22 heavy (non-hydrogen) atoms. The Bertz CT molecular complexity index is 524. The van der Waals surface area contributed by atoms with E-state index in [4.69, 9.17) is 0 Å². The molecule has 2 saturated carbocycles. The quantitative estimate of drug-likeness (QED) is 0.612. The molecule has 5 atom stereocenters. The van der Waals surface area contributed by atoms with Crippen LogP contribution in [0.4, 0.5) is 8.78 Å². The topological polar surface area (TPSA) is 17.1 Å². The SMILES string of the molecule is C[C@]12CC[C@@H]3C4=C(CC[C@H]3[C@@H]1CC[C@@H]2C(F)F)CC(=O)CC4. The van der Waals surface area contributed by atoms with Crippen molar-refractivity contribution in [3.63, 3.8) is 0 Å². The lowest BCUT2D eigenvalue weighted by Crippen LogP contribution is -2.45. The van der Waals surface area contributed by atoms with Gasteiger partial charge in [0, 0.05) is 18.8 Å². The average Bonchev–Trinajstić information content (AvgIpc) is 2.84. The molecule has 0 N–H and O–H groups in total. The first kappa shape index (κ1) is 14.8. The summed E-state index contributed by atoms with van der Waals surface area (Å²) in [6.45, 7) is 2.14. The molecule has 0 aromatic rings. The van der Waals surface area contributed by atoms with Crippen LogP contribution in [-0.4, -0.2) is 12.2 Å². The molecular formula is C19H26F2O. The number of hydrogen-bond acceptors (Lipinski definition) is 1. The zero-order valence-corrected chi connectivity index (χ0v) is 13.4. The number of Topliss-reactive ketones (excluding diaryl/α,β-unsaturated/α-hetero) is 1. The van der Waals surface area contributed by atoms with Crippen molar-refractivity contribution in [2.45, 2.75) is 71.1 Å². The number of halogens is 2. The molecule has 0 unspecified atom stereocenters. The van der Waals surface area contributed by atoms with Gasteiger partial charge in [-0.1, -0.05) is 18.1 Å². The maximum Gasteiger partial charge on any atom is 0.241 e. The van der Waals surface area contributed by atoms with Crippen LogP contribution in [0.5, 0.6) is 0 Å². The van der Waals surface area contributed by atoms with Crippen molar-refractivity contribution in [3.8, 4) is 0 Å². The molecule has 0 spiro atoms. The highest BCUT2D eigenvalue weighted by Gasteiger charge is 2.57. The highest BCUT2D eigenvalue weighted by molar-refractivity contribution is 5.82. The average molecular weight is 308 g/mol. The van der Waals surface area contributed by atoms with E-state index in [-0.39, 0.29) is 11.3 Å². The van der Waals surface area contributed by atoms with Gasteiger partial charge >= 0.3 is 0 Å². The fourth-order valence-electron chi connectivity index (χ4n) is 6.51. The number of fused-ring (bicyclic) bond motifs is 4. The summed E-state index contributed by atoms with van der Waals surface area (Å²) in [5.74, 6) is 1.70. The Morgan fingerprint density at radius 2 is 1.91 bits per heavy atom. The molecule has 0 aromatic carbocycles. The predicted molar refractivity (Wildman–Crippen MR) is 81.7 cm³/mol. The first-order valence-electron chi connectivity index (χ1n) is 9.01. The second-order valence-electron chi connectivity index (χ2n) is 8.32. The molecule has 0 bridgehead atoms. The molecule has 4 rings (SSSR count). The van der Waals surface area contributed by atoms with Crippen molar-refractivity contribution in [1.82, 2.24) is 0 Å². The van der Waals surface area contributed by atoms with Gasteiger partial charge in [0.1, 0.15) is 5.78 Å². The molecule has 2 fully saturated rings. The summed E-state index contributed by atoms with van der Waals surface area (Å²) >= 11 is 0. The lowest BCUT2D eigenvalue weighted by molar-refractivity contribution is -0.119. The minimum atomic E-state index is -2.16. The van der Waals surface area contributed by atoms with Gasteiger partial charge in [-0.2, -0.15) is 0 Å². The number of alkyl halides is 2. The molecule has 0 radical (unpaired) electrons. The van der Waals surface area contributed by atoms with Crippen LogP contribution in [0.25, 0.3) is 0 Å². The largest absolute Gasteiger partial charge is 0.299 e. The molecule has 4 aliphatic rings. The van der Waals surface area contributed by atoms with Crippen LogP contribution in [0.1, 0.15) is 64.7 Å². The lowest BCUT2D eigenvalue weighted by atomic mass is 9.53. The van der Waals surface area contributed by atoms with Crippen LogP contribution in [0.15, 0.2) is 11.1 Å². The third kappa shape index (κ3) is 2.03. The van der Waals surface area contributed by atoms with Crippen molar-refractivity contribution in [3.05, 3.63) is 11.1 Å². The third-order valence-electron chi connectivity index (χ3n) is 7.58. The summed E-state index contributed by atoms with van der Waals surface area (Å²) in [4.78, 5) is 11.7. The Kier molecular flexibility index (Phi) is 3.47. The Morgan fingerprint density at radius 3 is 2.68 bits per heavy atom. The number of hydrogen-bond donors (Lipinski definition) is 0. The van der Waals surface area contributed by atoms with E-state index in [0.29, 0.717) is 42.8 Å². The van der Waals surface area contributed by atoms with Gasteiger partial charge in [0.15, 0.2) is 0 Å². The molecule has 122 valence electrons. The van der Waals surface area contributed by atoms with Crippen LogP contribution in [0.3, 0.4) is 0 Å². The molecule has 0 amide bonds. The molecule has 0 saturated heterocycles. The summed E-state index contributed by atoms with van der Waals surface area (Å²) in [6.07, 6.45) is 6.12. The molecule has 1 nitrogen and oxygen atoms in total. The number of carbonyl (C=O) groups excluding carboxylic acids is 1. The van der Waals surface area contributed by atoms with Crippen molar-refractivity contribution in [1.29, 1.82) is 0 Å². The molecule has 0 aliphatic heterocycles. The highest BCUT2D eigenvalue weighted by Crippen LogP contribution is 2.63. The van der Waals surface area contributed by atoms with Gasteiger partial charge in [0.25, 0.3) is 0 Å². The second-order valence-corrected chi connectivity index (χ2v) is 8.32. The number of ketones is 1. The van der Waals surface area contributed by atoms with Crippen LogP contribution in [0.2, 0.25) is 0 Å². The minimum Gasteiger partial charge on any atom is -0.299 e. The Balaban J connectivity index is 1.62. The van der Waals surface area contributed by atoms with E-state index in [1.54, 1.807) is 5.57 Å². The van der Waals surface area contributed by atoms with Crippen LogP contribution in [0, 0.1) is 29.1 Å². The number of carbonyl (C=O) groups is 1. The van der Waals surface area contributed by atoms with Crippen LogP contribution >= 0.6 is 0 Å². The third-order valence-corrected chi connectivity index (χ3v) is 7.58. The molecule has 3 heteroatoms.